The molecule has 0 amide bonds. The Hall–Kier alpha value is -1.39. The van der Waals surface area contributed by atoms with E-state index in [0.717, 1.165) is 16.9 Å². The van der Waals surface area contributed by atoms with Crippen molar-refractivity contribution in [1.82, 2.24) is 9.55 Å². The molecule has 0 aliphatic heterocycles. The minimum Gasteiger partial charge on any atom is -0.390 e. The van der Waals surface area contributed by atoms with E-state index in [1.807, 2.05) is 56.7 Å². The maximum absolute atomic E-state index is 10.3. The monoisotopic (exact) mass is 262 g/mol. The molecule has 1 aromatic heterocycles. The van der Waals surface area contributed by atoms with Crippen LogP contribution in [0.2, 0.25) is 0 Å². The Morgan fingerprint density at radius 1 is 1.37 bits per heavy atom. The van der Waals surface area contributed by atoms with Gasteiger partial charge in [0, 0.05) is 20.1 Å². The second-order valence-electron chi connectivity index (χ2n) is 5.33. The third-order valence-electron chi connectivity index (χ3n) is 3.57. The highest BCUT2D eigenvalue weighted by atomic mass is 16.5. The number of rotatable bonds is 5. The number of ether oxygens (including phenoxy) is 1. The largest absolute Gasteiger partial charge is 0.390 e. The van der Waals surface area contributed by atoms with Gasteiger partial charge in [-0.1, -0.05) is 12.1 Å². The van der Waals surface area contributed by atoms with Crippen molar-refractivity contribution in [2.75, 3.05) is 6.61 Å². The Bertz CT molecular complexity index is 560. The molecule has 19 heavy (non-hydrogen) atoms. The summed E-state index contributed by atoms with van der Waals surface area (Å²) in [5, 5.41) is 10.3. The van der Waals surface area contributed by atoms with Crippen LogP contribution in [0.5, 0.6) is 0 Å². The van der Waals surface area contributed by atoms with Crippen molar-refractivity contribution in [1.29, 1.82) is 0 Å². The molecule has 2 aromatic rings. The number of aliphatic hydroxyl groups is 1. The van der Waals surface area contributed by atoms with Crippen molar-refractivity contribution in [2.45, 2.75) is 38.9 Å². The quantitative estimate of drug-likeness (QED) is 0.899. The molecule has 1 atom stereocenters. The lowest BCUT2D eigenvalue weighted by Crippen LogP contribution is -2.41. The fourth-order valence-electron chi connectivity index (χ4n) is 2.26. The lowest BCUT2D eigenvalue weighted by atomic mass is 9.98. The Morgan fingerprint density at radius 2 is 2.05 bits per heavy atom. The van der Waals surface area contributed by atoms with E-state index in [-0.39, 0.29) is 0 Å². The molecule has 0 spiro atoms. The lowest BCUT2D eigenvalue weighted by molar-refractivity contribution is -0.0962. The minimum atomic E-state index is -0.581. The summed E-state index contributed by atoms with van der Waals surface area (Å²) in [4.78, 5) is 4.57. The van der Waals surface area contributed by atoms with E-state index in [0.29, 0.717) is 13.0 Å². The molecule has 1 N–H and O–H groups in total. The van der Waals surface area contributed by atoms with Crippen molar-refractivity contribution in [3.63, 3.8) is 0 Å². The Balaban J connectivity index is 2.24. The summed E-state index contributed by atoms with van der Waals surface area (Å²) in [6, 6.07) is 7.98. The van der Waals surface area contributed by atoms with Gasteiger partial charge in [-0.3, -0.25) is 0 Å². The number of hydrogen-bond donors (Lipinski definition) is 1. The second kappa shape index (κ2) is 5.31. The summed E-state index contributed by atoms with van der Waals surface area (Å²) < 4.78 is 7.62. The predicted octanol–water partition coefficient (Wildman–Crippen LogP) is 2.29. The van der Waals surface area contributed by atoms with Crippen molar-refractivity contribution < 1.29 is 9.84 Å². The first-order chi connectivity index (χ1) is 8.95. The van der Waals surface area contributed by atoms with Crippen LogP contribution in [0.25, 0.3) is 11.0 Å². The molecule has 4 nitrogen and oxygen atoms in total. The Morgan fingerprint density at radius 3 is 2.68 bits per heavy atom. The molecule has 2 rings (SSSR count). The topological polar surface area (TPSA) is 47.3 Å². The van der Waals surface area contributed by atoms with Crippen molar-refractivity contribution in [2.24, 2.45) is 7.05 Å². The first kappa shape index (κ1) is 14.0. The van der Waals surface area contributed by atoms with Gasteiger partial charge in [-0.2, -0.15) is 0 Å². The molecule has 0 saturated heterocycles. The van der Waals surface area contributed by atoms with Gasteiger partial charge in [-0.25, -0.2) is 4.98 Å². The molecule has 1 heterocycles. The minimum absolute atomic E-state index is 0.484. The highest BCUT2D eigenvalue weighted by Crippen LogP contribution is 2.21. The zero-order valence-electron chi connectivity index (χ0n) is 12.1. The Labute approximate surface area is 114 Å². The highest BCUT2D eigenvalue weighted by Gasteiger charge is 2.29. The van der Waals surface area contributed by atoms with Crippen LogP contribution in [0, 0.1) is 0 Å². The zero-order chi connectivity index (χ0) is 14.0. The summed E-state index contributed by atoms with van der Waals surface area (Å²) in [6.45, 7) is 6.34. The molecule has 0 aliphatic carbocycles. The van der Waals surface area contributed by atoms with Gasteiger partial charge in [0.2, 0.25) is 0 Å². The van der Waals surface area contributed by atoms with Crippen LogP contribution in [0.15, 0.2) is 24.3 Å². The summed E-state index contributed by atoms with van der Waals surface area (Å²) in [7, 11) is 1.98. The SMILES string of the molecule is CCOC(C)(C)C(O)Cc1nc2ccccc2n1C. The molecular weight excluding hydrogens is 240 g/mol. The average molecular weight is 262 g/mol. The molecule has 1 unspecified atom stereocenters. The first-order valence-electron chi connectivity index (χ1n) is 6.68. The van der Waals surface area contributed by atoms with Gasteiger partial charge in [-0.15, -0.1) is 0 Å². The van der Waals surface area contributed by atoms with Crippen LogP contribution in [-0.4, -0.2) is 33.0 Å². The maximum atomic E-state index is 10.3. The van der Waals surface area contributed by atoms with Crippen LogP contribution in [0.4, 0.5) is 0 Å². The number of aliphatic hydroxyl groups excluding tert-OH is 1. The first-order valence-corrected chi connectivity index (χ1v) is 6.68. The summed E-state index contributed by atoms with van der Waals surface area (Å²) in [6.07, 6.45) is -0.0963. The molecule has 0 saturated carbocycles. The average Bonchev–Trinajstić information content (AvgIpc) is 2.67. The molecule has 0 bridgehead atoms. The lowest BCUT2D eigenvalue weighted by Gasteiger charge is -2.30. The van der Waals surface area contributed by atoms with E-state index in [9.17, 15) is 5.11 Å². The number of aryl methyl sites for hydroxylation is 1. The van der Waals surface area contributed by atoms with E-state index in [1.54, 1.807) is 0 Å². The van der Waals surface area contributed by atoms with Gasteiger partial charge in [0.1, 0.15) is 5.82 Å². The number of fused-ring (bicyclic) bond motifs is 1. The fraction of sp³-hybridized carbons (Fsp3) is 0.533. The molecule has 1 aromatic carbocycles. The second-order valence-corrected chi connectivity index (χ2v) is 5.33. The summed E-state index contributed by atoms with van der Waals surface area (Å²) in [5.74, 6) is 0.876. The van der Waals surface area contributed by atoms with Gasteiger partial charge in [0.15, 0.2) is 0 Å². The van der Waals surface area contributed by atoms with Crippen LogP contribution in [0.1, 0.15) is 26.6 Å². The van der Waals surface area contributed by atoms with Gasteiger partial charge < -0.3 is 14.4 Å². The smallest absolute Gasteiger partial charge is 0.112 e. The molecule has 0 aliphatic rings. The molecule has 0 radical (unpaired) electrons. The van der Waals surface area contributed by atoms with E-state index in [1.165, 1.54) is 0 Å². The van der Waals surface area contributed by atoms with Crippen molar-refractivity contribution in [3.8, 4) is 0 Å². The molecule has 104 valence electrons. The van der Waals surface area contributed by atoms with E-state index in [4.69, 9.17) is 4.74 Å². The van der Waals surface area contributed by atoms with Gasteiger partial charge in [-0.05, 0) is 32.9 Å². The normalized spacial score (nSPS) is 13.9. The number of para-hydroxylation sites is 2. The predicted molar refractivity (Wildman–Crippen MR) is 76.1 cm³/mol. The fourth-order valence-corrected chi connectivity index (χ4v) is 2.26. The number of nitrogens with zero attached hydrogens (tertiary/aromatic N) is 2. The zero-order valence-corrected chi connectivity index (χ0v) is 12.1. The van der Waals surface area contributed by atoms with Gasteiger partial charge in [0.25, 0.3) is 0 Å². The third kappa shape index (κ3) is 2.80. The van der Waals surface area contributed by atoms with E-state index < -0.39 is 11.7 Å². The number of hydrogen-bond acceptors (Lipinski definition) is 3. The van der Waals surface area contributed by atoms with E-state index in [2.05, 4.69) is 4.98 Å². The van der Waals surface area contributed by atoms with Crippen LogP contribution in [0.3, 0.4) is 0 Å². The number of benzene rings is 1. The number of aromatic nitrogens is 2. The Kier molecular flexibility index (Phi) is 3.92. The molecular formula is C15H22N2O2. The standard InChI is InChI=1S/C15H22N2O2/c1-5-19-15(2,3)13(18)10-14-16-11-8-6-7-9-12(11)17(14)4/h6-9,13,18H,5,10H2,1-4H3. The molecule has 0 fully saturated rings. The highest BCUT2D eigenvalue weighted by molar-refractivity contribution is 5.75. The molecule has 4 heteroatoms. The third-order valence-corrected chi connectivity index (χ3v) is 3.57. The number of imidazole rings is 1. The van der Waals surface area contributed by atoms with Crippen LogP contribution >= 0.6 is 0 Å². The van der Waals surface area contributed by atoms with Crippen LogP contribution < -0.4 is 0 Å². The van der Waals surface area contributed by atoms with Crippen molar-refractivity contribution in [3.05, 3.63) is 30.1 Å². The van der Waals surface area contributed by atoms with Crippen molar-refractivity contribution >= 4 is 11.0 Å². The summed E-state index contributed by atoms with van der Waals surface area (Å²) in [5.41, 5.74) is 1.48. The van der Waals surface area contributed by atoms with Gasteiger partial charge in [0.05, 0.1) is 22.7 Å². The summed E-state index contributed by atoms with van der Waals surface area (Å²) >= 11 is 0. The maximum Gasteiger partial charge on any atom is 0.112 e. The van der Waals surface area contributed by atoms with Crippen LogP contribution in [-0.2, 0) is 18.2 Å². The van der Waals surface area contributed by atoms with Gasteiger partial charge >= 0.3 is 0 Å². The van der Waals surface area contributed by atoms with E-state index >= 15 is 0 Å².